The first-order valence-corrected chi connectivity index (χ1v) is 12.2. The molecule has 2 aromatic heterocycles. The van der Waals surface area contributed by atoms with Crippen molar-refractivity contribution in [1.29, 1.82) is 0 Å². The van der Waals surface area contributed by atoms with E-state index >= 15 is 0 Å². The van der Waals surface area contributed by atoms with Crippen molar-refractivity contribution < 1.29 is 13.2 Å². The molecule has 1 amide bonds. The fraction of sp³-hybridized carbons (Fsp3) is 0.200. The topological polar surface area (TPSA) is 76.1 Å². The quantitative estimate of drug-likeness (QED) is 0.546. The largest absolute Gasteiger partial charge is 0.347 e. The second kappa shape index (κ2) is 9.36. The molecule has 0 radical (unpaired) electrons. The summed E-state index contributed by atoms with van der Waals surface area (Å²) >= 11 is 2.86. The number of sulfone groups is 1. The first-order chi connectivity index (χ1) is 13.5. The lowest BCUT2D eigenvalue weighted by Crippen LogP contribution is -2.23. The van der Waals surface area contributed by atoms with E-state index in [9.17, 15) is 13.2 Å². The van der Waals surface area contributed by atoms with E-state index in [0.29, 0.717) is 27.8 Å². The minimum absolute atomic E-state index is 0.0203. The lowest BCUT2D eigenvalue weighted by atomic mass is 10.2. The average molecular weight is 433 g/mol. The van der Waals surface area contributed by atoms with Gasteiger partial charge in [0.2, 0.25) is 0 Å². The molecule has 5 nitrogen and oxygen atoms in total. The van der Waals surface area contributed by atoms with Crippen molar-refractivity contribution in [3.05, 3.63) is 76.1 Å². The highest BCUT2D eigenvalue weighted by Gasteiger charge is 2.17. The molecular weight excluding hydrogens is 412 g/mol. The lowest BCUT2D eigenvalue weighted by molar-refractivity contribution is 0.0947. The Bertz CT molecular complexity index is 1030. The summed E-state index contributed by atoms with van der Waals surface area (Å²) in [7, 11) is -3.36. The second-order valence-electron chi connectivity index (χ2n) is 6.11. The fourth-order valence-corrected chi connectivity index (χ4v) is 5.79. The van der Waals surface area contributed by atoms with Gasteiger partial charge in [-0.05, 0) is 42.1 Å². The maximum atomic E-state index is 12.6. The smallest absolute Gasteiger partial charge is 0.254 e. The van der Waals surface area contributed by atoms with Crippen LogP contribution in [0.15, 0.2) is 70.0 Å². The third-order valence-corrected chi connectivity index (χ3v) is 7.80. The molecule has 0 aliphatic heterocycles. The molecule has 1 aromatic carbocycles. The molecule has 3 rings (SSSR count). The van der Waals surface area contributed by atoms with Crippen LogP contribution in [0.3, 0.4) is 0 Å². The summed E-state index contributed by atoms with van der Waals surface area (Å²) in [4.78, 5) is 18.3. The van der Waals surface area contributed by atoms with Crippen LogP contribution < -0.4 is 5.32 Å². The highest BCUT2D eigenvalue weighted by atomic mass is 32.2. The Morgan fingerprint density at radius 2 is 1.96 bits per heavy atom. The van der Waals surface area contributed by atoms with Crippen molar-refractivity contribution in [2.24, 2.45) is 0 Å². The molecule has 1 N–H and O–H groups in total. The standard InChI is InChI=1S/C20H20N2O3S3/c1-15-12-18(19(23)21-14-16-6-5-9-26-16)20(22-13-15)27-10-11-28(24,25)17-7-3-2-4-8-17/h2-9,12-13H,10-11,14H2,1H3,(H,21,23). The SMILES string of the molecule is Cc1cnc(SCCS(=O)(=O)c2ccccc2)c(C(=O)NCc2cccs2)c1. The number of rotatable bonds is 8. The summed E-state index contributed by atoms with van der Waals surface area (Å²) < 4.78 is 24.8. The highest BCUT2D eigenvalue weighted by molar-refractivity contribution is 8.00. The van der Waals surface area contributed by atoms with E-state index in [-0.39, 0.29) is 11.7 Å². The number of benzene rings is 1. The first-order valence-electron chi connectivity index (χ1n) is 8.63. The van der Waals surface area contributed by atoms with Gasteiger partial charge in [-0.15, -0.1) is 23.1 Å². The fourth-order valence-electron chi connectivity index (χ4n) is 2.50. The zero-order valence-electron chi connectivity index (χ0n) is 15.3. The van der Waals surface area contributed by atoms with E-state index in [4.69, 9.17) is 0 Å². The molecule has 146 valence electrons. The Labute approximate surface area is 173 Å². The van der Waals surface area contributed by atoms with E-state index in [1.807, 2.05) is 24.4 Å². The van der Waals surface area contributed by atoms with Gasteiger partial charge in [-0.2, -0.15) is 0 Å². The molecule has 3 aromatic rings. The van der Waals surface area contributed by atoms with Crippen LogP contribution in [0.25, 0.3) is 0 Å². The van der Waals surface area contributed by atoms with Crippen LogP contribution in [-0.4, -0.2) is 30.8 Å². The Hall–Kier alpha value is -2.16. The monoisotopic (exact) mass is 432 g/mol. The van der Waals surface area contributed by atoms with Gasteiger partial charge >= 0.3 is 0 Å². The number of hydrogen-bond donors (Lipinski definition) is 1. The number of thioether (sulfide) groups is 1. The molecule has 0 fully saturated rings. The number of nitrogens with zero attached hydrogens (tertiary/aromatic N) is 1. The number of carbonyl (C=O) groups excluding carboxylic acids is 1. The maximum Gasteiger partial charge on any atom is 0.254 e. The van der Waals surface area contributed by atoms with Crippen molar-refractivity contribution in [3.63, 3.8) is 0 Å². The molecule has 2 heterocycles. The summed E-state index contributed by atoms with van der Waals surface area (Å²) in [5, 5.41) is 5.40. The number of thiophene rings is 1. The van der Waals surface area contributed by atoms with E-state index in [0.717, 1.165) is 10.4 Å². The summed E-state index contributed by atoms with van der Waals surface area (Å²) in [6.45, 7) is 2.33. The highest BCUT2D eigenvalue weighted by Crippen LogP contribution is 2.23. The Balaban J connectivity index is 1.66. The molecule has 28 heavy (non-hydrogen) atoms. The maximum absolute atomic E-state index is 12.6. The van der Waals surface area contributed by atoms with Gasteiger partial charge < -0.3 is 5.32 Å². The van der Waals surface area contributed by atoms with Crippen LogP contribution in [0.5, 0.6) is 0 Å². The molecule has 0 atom stereocenters. The number of aromatic nitrogens is 1. The third-order valence-electron chi connectivity index (χ3n) is 3.93. The van der Waals surface area contributed by atoms with Crippen LogP contribution in [-0.2, 0) is 16.4 Å². The Morgan fingerprint density at radius 1 is 1.18 bits per heavy atom. The van der Waals surface area contributed by atoms with Gasteiger partial charge in [0, 0.05) is 16.8 Å². The molecule has 0 saturated heterocycles. The molecule has 0 aliphatic rings. The lowest BCUT2D eigenvalue weighted by Gasteiger charge is -2.10. The van der Waals surface area contributed by atoms with Gasteiger partial charge in [-0.3, -0.25) is 4.79 Å². The van der Waals surface area contributed by atoms with Crippen molar-refractivity contribution in [2.45, 2.75) is 23.4 Å². The van der Waals surface area contributed by atoms with Gasteiger partial charge in [0.25, 0.3) is 5.91 Å². The van der Waals surface area contributed by atoms with Crippen LogP contribution in [0.1, 0.15) is 20.8 Å². The molecule has 0 bridgehead atoms. The number of carbonyl (C=O) groups is 1. The number of nitrogens with one attached hydrogen (secondary N) is 1. The predicted octanol–water partition coefficient (Wildman–Crippen LogP) is 3.95. The first kappa shape index (κ1) is 20.6. The average Bonchev–Trinajstić information content (AvgIpc) is 3.21. The zero-order valence-corrected chi connectivity index (χ0v) is 17.7. The Kier molecular flexibility index (Phi) is 6.88. The number of pyridine rings is 1. The van der Waals surface area contributed by atoms with Gasteiger partial charge in [-0.25, -0.2) is 13.4 Å². The minimum Gasteiger partial charge on any atom is -0.347 e. The molecule has 0 aliphatic carbocycles. The summed E-state index contributed by atoms with van der Waals surface area (Å²) in [5.74, 6) is 0.0874. The van der Waals surface area contributed by atoms with Crippen LogP contribution in [0, 0.1) is 6.92 Å². The van der Waals surface area contributed by atoms with Crippen molar-refractivity contribution in [3.8, 4) is 0 Å². The van der Waals surface area contributed by atoms with Crippen LogP contribution in [0.2, 0.25) is 0 Å². The normalized spacial score (nSPS) is 11.3. The van der Waals surface area contributed by atoms with Crippen molar-refractivity contribution in [1.82, 2.24) is 10.3 Å². The van der Waals surface area contributed by atoms with Crippen LogP contribution in [0.4, 0.5) is 0 Å². The molecule has 0 spiro atoms. The van der Waals surface area contributed by atoms with E-state index in [1.165, 1.54) is 11.8 Å². The summed E-state index contributed by atoms with van der Waals surface area (Å²) in [6, 6.07) is 14.1. The van der Waals surface area contributed by atoms with E-state index in [2.05, 4.69) is 10.3 Å². The van der Waals surface area contributed by atoms with Crippen molar-refractivity contribution in [2.75, 3.05) is 11.5 Å². The van der Waals surface area contributed by atoms with E-state index < -0.39 is 9.84 Å². The minimum atomic E-state index is -3.36. The summed E-state index contributed by atoms with van der Waals surface area (Å²) in [5.41, 5.74) is 1.35. The third kappa shape index (κ3) is 5.43. The molecular formula is C20H20N2O3S3. The molecule has 0 saturated carbocycles. The van der Waals surface area contributed by atoms with Gasteiger partial charge in [0.15, 0.2) is 9.84 Å². The van der Waals surface area contributed by atoms with Gasteiger partial charge in [0.05, 0.1) is 22.8 Å². The van der Waals surface area contributed by atoms with E-state index in [1.54, 1.807) is 53.9 Å². The van der Waals surface area contributed by atoms with Crippen molar-refractivity contribution >= 4 is 38.8 Å². The predicted molar refractivity (Wildman–Crippen MR) is 114 cm³/mol. The summed E-state index contributed by atoms with van der Waals surface area (Å²) in [6.07, 6.45) is 1.68. The number of hydrogen-bond acceptors (Lipinski definition) is 6. The molecule has 8 heteroatoms. The Morgan fingerprint density at radius 3 is 2.68 bits per heavy atom. The number of amides is 1. The van der Waals surface area contributed by atoms with Gasteiger partial charge in [0.1, 0.15) is 5.03 Å². The molecule has 0 unspecified atom stereocenters. The van der Waals surface area contributed by atoms with Gasteiger partial charge in [-0.1, -0.05) is 24.3 Å². The second-order valence-corrected chi connectivity index (χ2v) is 10.3. The zero-order chi connectivity index (χ0) is 20.0. The number of aryl methyl sites for hydroxylation is 1. The van der Waals surface area contributed by atoms with Crippen LogP contribution >= 0.6 is 23.1 Å².